The Kier molecular flexibility index (Phi) is 5.86. The molecule has 0 spiro atoms. The lowest BCUT2D eigenvalue weighted by molar-refractivity contribution is 1.37. The van der Waals surface area contributed by atoms with Crippen molar-refractivity contribution in [2.75, 3.05) is 0 Å². The van der Waals surface area contributed by atoms with Gasteiger partial charge in [0.15, 0.2) is 0 Å². The maximum absolute atomic E-state index is 4.84. The average Bonchev–Trinajstić information content (AvgIpc) is 2.62. The topological polar surface area (TPSA) is 12.4 Å². The molecule has 0 aliphatic heterocycles. The molecule has 0 amide bonds. The van der Waals surface area contributed by atoms with Gasteiger partial charge in [-0.15, -0.1) is 0 Å². The lowest BCUT2D eigenvalue weighted by Gasteiger charge is -2.04. The van der Waals surface area contributed by atoms with Crippen LogP contribution in [0.3, 0.4) is 0 Å². The van der Waals surface area contributed by atoms with Gasteiger partial charge < -0.3 is 0 Å². The predicted molar refractivity (Wildman–Crippen MR) is 110 cm³/mol. The van der Waals surface area contributed by atoms with Crippen molar-refractivity contribution in [3.05, 3.63) is 107 Å². The van der Waals surface area contributed by atoms with Crippen LogP contribution in [-0.2, 0) is 0 Å². The zero-order valence-corrected chi connectivity index (χ0v) is 15.3. The first-order valence-electron chi connectivity index (χ1n) is 8.31. The Morgan fingerprint density at radius 2 is 1.52 bits per heavy atom. The van der Waals surface area contributed by atoms with Crippen LogP contribution in [-0.4, -0.2) is 5.71 Å². The summed E-state index contributed by atoms with van der Waals surface area (Å²) in [5.41, 5.74) is 5.57. The third kappa shape index (κ3) is 5.20. The molecule has 0 fully saturated rings. The second-order valence-corrected chi connectivity index (χ2v) is 6.92. The number of benzene rings is 3. The molecule has 0 aromatic heterocycles. The van der Waals surface area contributed by atoms with E-state index in [-0.39, 0.29) is 0 Å². The number of hydrogen-bond donors (Lipinski definition) is 0. The molecular formula is C23H21NS. The quantitative estimate of drug-likeness (QED) is 0.369. The first-order valence-corrected chi connectivity index (χ1v) is 9.19. The number of thioether (sulfide) groups is 1. The Bertz CT molecular complexity index is 895. The molecule has 0 saturated heterocycles. The minimum atomic E-state index is 0.962. The number of aliphatic imine (C=N–C) groups is 1. The highest BCUT2D eigenvalue weighted by atomic mass is 32.2. The normalized spacial score (nSPS) is 11.8. The van der Waals surface area contributed by atoms with Gasteiger partial charge in [-0.05, 0) is 55.7 Å². The first kappa shape index (κ1) is 17.2. The van der Waals surface area contributed by atoms with E-state index in [2.05, 4.69) is 73.9 Å². The molecule has 0 unspecified atom stereocenters. The lowest BCUT2D eigenvalue weighted by atomic mass is 10.1. The van der Waals surface area contributed by atoms with Crippen molar-refractivity contribution in [1.29, 1.82) is 0 Å². The molecule has 0 radical (unpaired) electrons. The molecule has 0 bridgehead atoms. The summed E-state index contributed by atoms with van der Waals surface area (Å²) in [4.78, 5) is 6.07. The molecule has 0 N–H and O–H groups in total. The fraction of sp³-hybridized carbons (Fsp3) is 0.0870. The van der Waals surface area contributed by atoms with E-state index in [0.29, 0.717) is 0 Å². The summed E-state index contributed by atoms with van der Waals surface area (Å²) in [6.45, 7) is 4.22. The number of hydrogen-bond acceptors (Lipinski definition) is 2. The Labute approximate surface area is 154 Å². The van der Waals surface area contributed by atoms with Gasteiger partial charge >= 0.3 is 0 Å². The van der Waals surface area contributed by atoms with Gasteiger partial charge in [0.1, 0.15) is 0 Å². The SMILES string of the molecule is Cc1cccc(SC=CC(=Nc2ccccc2)c2cccc(C)c2)c1. The number of aryl methyl sites for hydroxylation is 2. The molecular weight excluding hydrogens is 322 g/mol. The Hall–Kier alpha value is -2.58. The van der Waals surface area contributed by atoms with Crippen LogP contribution in [0.2, 0.25) is 0 Å². The van der Waals surface area contributed by atoms with E-state index in [9.17, 15) is 0 Å². The van der Waals surface area contributed by atoms with Gasteiger partial charge in [0.05, 0.1) is 11.4 Å². The average molecular weight is 343 g/mol. The number of para-hydroxylation sites is 1. The molecule has 0 aliphatic rings. The van der Waals surface area contributed by atoms with Crippen LogP contribution in [0.4, 0.5) is 5.69 Å². The van der Waals surface area contributed by atoms with Crippen LogP contribution in [0.1, 0.15) is 16.7 Å². The maximum atomic E-state index is 4.84. The number of allylic oxidation sites excluding steroid dienone is 1. The highest BCUT2D eigenvalue weighted by Gasteiger charge is 2.01. The minimum Gasteiger partial charge on any atom is -0.248 e. The summed E-state index contributed by atoms with van der Waals surface area (Å²) >= 11 is 1.71. The molecule has 2 heteroatoms. The number of rotatable bonds is 5. The molecule has 1 nitrogen and oxygen atoms in total. The molecule has 25 heavy (non-hydrogen) atoms. The molecule has 3 aromatic rings. The van der Waals surface area contributed by atoms with Crippen molar-refractivity contribution in [1.82, 2.24) is 0 Å². The van der Waals surface area contributed by atoms with Gasteiger partial charge in [0.2, 0.25) is 0 Å². The van der Waals surface area contributed by atoms with Crippen molar-refractivity contribution in [2.24, 2.45) is 4.99 Å². The van der Waals surface area contributed by atoms with E-state index in [1.54, 1.807) is 11.8 Å². The van der Waals surface area contributed by atoms with Crippen LogP contribution in [0.15, 0.2) is 100 Å². The Morgan fingerprint density at radius 3 is 2.24 bits per heavy atom. The van der Waals surface area contributed by atoms with Gasteiger partial charge in [-0.2, -0.15) is 0 Å². The summed E-state index contributed by atoms with van der Waals surface area (Å²) in [7, 11) is 0. The summed E-state index contributed by atoms with van der Waals surface area (Å²) in [5.74, 6) is 0. The zero-order chi connectivity index (χ0) is 17.5. The van der Waals surface area contributed by atoms with E-state index in [1.807, 2.05) is 30.3 Å². The standard InChI is InChI=1S/C23H21NS/c1-18-8-6-10-20(16-18)23(24-21-11-4-3-5-12-21)14-15-25-22-13-7-9-19(2)17-22/h3-17H,1-2H3. The van der Waals surface area contributed by atoms with E-state index in [0.717, 1.165) is 17.0 Å². The van der Waals surface area contributed by atoms with Crippen molar-refractivity contribution >= 4 is 23.2 Å². The van der Waals surface area contributed by atoms with Crippen LogP contribution in [0.5, 0.6) is 0 Å². The van der Waals surface area contributed by atoms with Crippen LogP contribution < -0.4 is 0 Å². The van der Waals surface area contributed by atoms with Crippen molar-refractivity contribution in [3.63, 3.8) is 0 Å². The van der Waals surface area contributed by atoms with Gasteiger partial charge in [-0.1, -0.05) is 71.4 Å². The van der Waals surface area contributed by atoms with Crippen LogP contribution in [0.25, 0.3) is 0 Å². The second kappa shape index (κ2) is 8.50. The minimum absolute atomic E-state index is 0.962. The van der Waals surface area contributed by atoms with Crippen LogP contribution in [0, 0.1) is 13.8 Å². The largest absolute Gasteiger partial charge is 0.248 e. The number of nitrogens with zero attached hydrogens (tertiary/aromatic N) is 1. The first-order chi connectivity index (χ1) is 12.2. The van der Waals surface area contributed by atoms with Gasteiger partial charge in [0.25, 0.3) is 0 Å². The molecule has 0 saturated carbocycles. The Morgan fingerprint density at radius 1 is 0.800 bits per heavy atom. The lowest BCUT2D eigenvalue weighted by Crippen LogP contribution is -1.96. The Balaban J connectivity index is 1.88. The highest BCUT2D eigenvalue weighted by molar-refractivity contribution is 8.02. The maximum Gasteiger partial charge on any atom is 0.0714 e. The van der Waals surface area contributed by atoms with E-state index < -0.39 is 0 Å². The van der Waals surface area contributed by atoms with E-state index in [4.69, 9.17) is 4.99 Å². The molecule has 3 rings (SSSR count). The molecule has 0 atom stereocenters. The van der Waals surface area contributed by atoms with Gasteiger partial charge in [-0.3, -0.25) is 0 Å². The van der Waals surface area contributed by atoms with Crippen molar-refractivity contribution in [2.45, 2.75) is 18.7 Å². The molecule has 124 valence electrons. The monoisotopic (exact) mass is 343 g/mol. The van der Waals surface area contributed by atoms with Gasteiger partial charge in [0, 0.05) is 10.5 Å². The summed E-state index contributed by atoms with van der Waals surface area (Å²) < 4.78 is 0. The predicted octanol–water partition coefficient (Wildman–Crippen LogP) is 6.73. The highest BCUT2D eigenvalue weighted by Crippen LogP contribution is 2.21. The summed E-state index contributed by atoms with van der Waals surface area (Å²) in [6, 6.07) is 27.1. The van der Waals surface area contributed by atoms with Gasteiger partial charge in [-0.25, -0.2) is 4.99 Å². The third-order valence-electron chi connectivity index (χ3n) is 3.74. The zero-order valence-electron chi connectivity index (χ0n) is 14.5. The fourth-order valence-corrected chi connectivity index (χ4v) is 3.27. The second-order valence-electron chi connectivity index (χ2n) is 5.94. The summed E-state index contributed by atoms with van der Waals surface area (Å²) in [6.07, 6.45) is 2.09. The third-order valence-corrected chi connectivity index (χ3v) is 4.54. The molecule has 3 aromatic carbocycles. The smallest absolute Gasteiger partial charge is 0.0714 e. The van der Waals surface area contributed by atoms with E-state index >= 15 is 0 Å². The van der Waals surface area contributed by atoms with E-state index in [1.165, 1.54) is 16.0 Å². The van der Waals surface area contributed by atoms with Crippen molar-refractivity contribution in [3.8, 4) is 0 Å². The molecule has 0 heterocycles. The van der Waals surface area contributed by atoms with Crippen molar-refractivity contribution < 1.29 is 0 Å². The van der Waals surface area contributed by atoms with Crippen LogP contribution >= 0.6 is 11.8 Å². The summed E-state index contributed by atoms with van der Waals surface area (Å²) in [5, 5.41) is 2.11. The fourth-order valence-electron chi connectivity index (χ4n) is 2.51. The molecule has 0 aliphatic carbocycles.